The van der Waals surface area contributed by atoms with Crippen LogP contribution in [0, 0.1) is 24.0 Å². The summed E-state index contributed by atoms with van der Waals surface area (Å²) in [4.78, 5) is 22.5. The van der Waals surface area contributed by atoms with Crippen molar-refractivity contribution in [1.29, 1.82) is 0 Å². The van der Waals surface area contributed by atoms with Gasteiger partial charge in [-0.1, -0.05) is 29.8 Å². The largest absolute Gasteiger partial charge is 0.294 e. The number of carbonyl (C=O) groups is 1. The Morgan fingerprint density at radius 2 is 1.90 bits per heavy atom. The van der Waals surface area contributed by atoms with E-state index in [0.29, 0.717) is 17.5 Å². The van der Waals surface area contributed by atoms with E-state index >= 15 is 0 Å². The quantitative estimate of drug-likeness (QED) is 0.483. The summed E-state index contributed by atoms with van der Waals surface area (Å²) >= 11 is 0. The first kappa shape index (κ1) is 13.9. The lowest BCUT2D eigenvalue weighted by molar-refractivity contribution is -0.385. The Labute approximate surface area is 117 Å². The van der Waals surface area contributed by atoms with Crippen LogP contribution in [0.2, 0.25) is 0 Å². The highest BCUT2D eigenvalue weighted by Gasteiger charge is 2.14. The Morgan fingerprint density at radius 3 is 2.50 bits per heavy atom. The van der Waals surface area contributed by atoms with E-state index in [1.807, 2.05) is 31.2 Å². The summed E-state index contributed by atoms with van der Waals surface area (Å²) < 4.78 is 0. The van der Waals surface area contributed by atoms with Gasteiger partial charge in [0, 0.05) is 23.6 Å². The van der Waals surface area contributed by atoms with Gasteiger partial charge in [-0.15, -0.1) is 0 Å². The van der Waals surface area contributed by atoms with E-state index in [9.17, 15) is 14.9 Å². The zero-order chi connectivity index (χ0) is 14.7. The summed E-state index contributed by atoms with van der Waals surface area (Å²) in [6.07, 6.45) is 0.304. The third-order valence-electron chi connectivity index (χ3n) is 3.16. The Balaban J connectivity index is 2.22. The molecule has 0 saturated heterocycles. The molecule has 4 nitrogen and oxygen atoms in total. The number of rotatable bonds is 4. The van der Waals surface area contributed by atoms with Crippen LogP contribution >= 0.6 is 0 Å². The molecule has 0 aliphatic rings. The molecule has 0 fully saturated rings. The lowest BCUT2D eigenvalue weighted by Gasteiger charge is -2.04. The van der Waals surface area contributed by atoms with Gasteiger partial charge in [0.25, 0.3) is 5.69 Å². The number of ketones is 1. The van der Waals surface area contributed by atoms with Crippen molar-refractivity contribution in [3.8, 4) is 0 Å². The number of Topliss-reactive ketones (excluding diaryl/α,β-unsaturated/α-hetero) is 1. The molecule has 0 N–H and O–H groups in total. The molecule has 102 valence electrons. The monoisotopic (exact) mass is 269 g/mol. The van der Waals surface area contributed by atoms with E-state index in [0.717, 1.165) is 11.1 Å². The number of carbonyl (C=O) groups excluding carboxylic acids is 1. The van der Waals surface area contributed by atoms with Crippen molar-refractivity contribution in [3.05, 3.63) is 74.8 Å². The lowest BCUT2D eigenvalue weighted by Crippen LogP contribution is -2.04. The fourth-order valence-corrected chi connectivity index (χ4v) is 2.14. The molecule has 20 heavy (non-hydrogen) atoms. The highest BCUT2D eigenvalue weighted by molar-refractivity contribution is 5.98. The van der Waals surface area contributed by atoms with Crippen LogP contribution in [0.3, 0.4) is 0 Å². The summed E-state index contributed by atoms with van der Waals surface area (Å²) in [5.74, 6) is -0.0337. The van der Waals surface area contributed by atoms with Crippen molar-refractivity contribution in [2.45, 2.75) is 20.3 Å². The molecule has 0 aromatic heterocycles. The lowest BCUT2D eigenvalue weighted by atomic mass is 10.00. The summed E-state index contributed by atoms with van der Waals surface area (Å²) in [5, 5.41) is 10.8. The molecule has 0 heterocycles. The molecule has 2 rings (SSSR count). The number of nitro benzene ring substituents is 1. The summed E-state index contributed by atoms with van der Waals surface area (Å²) in [6.45, 7) is 3.62. The average molecular weight is 269 g/mol. The topological polar surface area (TPSA) is 60.2 Å². The molecular formula is C16H15NO3. The van der Waals surface area contributed by atoms with Gasteiger partial charge in [0.1, 0.15) is 0 Å². The Kier molecular flexibility index (Phi) is 3.94. The van der Waals surface area contributed by atoms with Crippen LogP contribution in [0.25, 0.3) is 0 Å². The van der Waals surface area contributed by atoms with Crippen molar-refractivity contribution in [1.82, 2.24) is 0 Å². The molecule has 2 aromatic carbocycles. The number of nitro groups is 1. The maximum absolute atomic E-state index is 12.2. The fourth-order valence-electron chi connectivity index (χ4n) is 2.14. The van der Waals surface area contributed by atoms with Gasteiger partial charge in [-0.3, -0.25) is 14.9 Å². The molecule has 0 amide bonds. The number of hydrogen-bond donors (Lipinski definition) is 0. The minimum absolute atomic E-state index is 0.0337. The molecular weight excluding hydrogens is 254 g/mol. The standard InChI is InChI=1S/C16H15NO3/c1-11-4-3-5-13(8-11)10-16(18)14-6-7-15(17(19)20)12(2)9-14/h3-9H,10H2,1-2H3. The van der Waals surface area contributed by atoms with Gasteiger partial charge in [-0.25, -0.2) is 0 Å². The second-order valence-electron chi connectivity index (χ2n) is 4.85. The molecule has 0 aliphatic carbocycles. The second kappa shape index (κ2) is 5.65. The number of benzene rings is 2. The van der Waals surface area contributed by atoms with Crippen LogP contribution in [0.5, 0.6) is 0 Å². The summed E-state index contributed by atoms with van der Waals surface area (Å²) in [7, 11) is 0. The van der Waals surface area contributed by atoms with Crippen molar-refractivity contribution in [3.63, 3.8) is 0 Å². The predicted octanol–water partition coefficient (Wildman–Crippen LogP) is 3.64. The Hall–Kier alpha value is -2.49. The Bertz CT molecular complexity index is 677. The van der Waals surface area contributed by atoms with Crippen LogP contribution in [-0.4, -0.2) is 10.7 Å². The van der Waals surface area contributed by atoms with Gasteiger partial charge in [0.2, 0.25) is 0 Å². The Morgan fingerprint density at radius 1 is 1.15 bits per heavy atom. The van der Waals surface area contributed by atoms with Crippen molar-refractivity contribution in [2.75, 3.05) is 0 Å². The molecule has 2 aromatic rings. The van der Waals surface area contributed by atoms with Crippen molar-refractivity contribution < 1.29 is 9.72 Å². The van der Waals surface area contributed by atoms with Crippen LogP contribution in [-0.2, 0) is 6.42 Å². The smallest absolute Gasteiger partial charge is 0.272 e. The highest BCUT2D eigenvalue weighted by Crippen LogP contribution is 2.20. The van der Waals surface area contributed by atoms with Crippen molar-refractivity contribution in [2.24, 2.45) is 0 Å². The number of hydrogen-bond acceptors (Lipinski definition) is 3. The third-order valence-corrected chi connectivity index (χ3v) is 3.16. The first-order valence-corrected chi connectivity index (χ1v) is 6.31. The van der Waals surface area contributed by atoms with Crippen LogP contribution in [0.4, 0.5) is 5.69 Å². The maximum Gasteiger partial charge on any atom is 0.272 e. The first-order valence-electron chi connectivity index (χ1n) is 6.31. The SMILES string of the molecule is Cc1cccc(CC(=O)c2ccc([N+](=O)[O-])c(C)c2)c1. The van der Waals surface area contributed by atoms with Crippen LogP contribution < -0.4 is 0 Å². The second-order valence-corrected chi connectivity index (χ2v) is 4.85. The molecule has 0 bridgehead atoms. The van der Waals surface area contributed by atoms with Crippen molar-refractivity contribution >= 4 is 11.5 Å². The van der Waals surface area contributed by atoms with Crippen LogP contribution in [0.1, 0.15) is 27.0 Å². The molecule has 0 atom stereocenters. The molecule has 0 aliphatic heterocycles. The maximum atomic E-state index is 12.2. The highest BCUT2D eigenvalue weighted by atomic mass is 16.6. The molecule has 0 saturated carbocycles. The average Bonchev–Trinajstić information content (AvgIpc) is 2.38. The fraction of sp³-hybridized carbons (Fsp3) is 0.188. The van der Waals surface area contributed by atoms with Gasteiger partial charge in [-0.2, -0.15) is 0 Å². The molecule has 4 heteroatoms. The van der Waals surface area contributed by atoms with Gasteiger partial charge in [0.05, 0.1) is 4.92 Å². The first-order chi connectivity index (χ1) is 9.47. The van der Waals surface area contributed by atoms with E-state index in [1.54, 1.807) is 13.0 Å². The summed E-state index contributed by atoms with van der Waals surface area (Å²) in [5.41, 5.74) is 3.11. The van der Waals surface area contributed by atoms with E-state index in [1.165, 1.54) is 12.1 Å². The minimum atomic E-state index is -0.440. The van der Waals surface area contributed by atoms with E-state index in [-0.39, 0.29) is 11.5 Å². The van der Waals surface area contributed by atoms with Gasteiger partial charge >= 0.3 is 0 Å². The van der Waals surface area contributed by atoms with Gasteiger partial charge in [-0.05, 0) is 31.5 Å². The normalized spacial score (nSPS) is 10.3. The molecule has 0 unspecified atom stereocenters. The van der Waals surface area contributed by atoms with Crippen LogP contribution in [0.15, 0.2) is 42.5 Å². The van der Waals surface area contributed by atoms with E-state index < -0.39 is 4.92 Å². The molecule has 0 spiro atoms. The predicted molar refractivity (Wildman–Crippen MR) is 77.0 cm³/mol. The zero-order valence-corrected chi connectivity index (χ0v) is 11.4. The zero-order valence-electron chi connectivity index (χ0n) is 11.4. The number of aryl methyl sites for hydroxylation is 2. The van der Waals surface area contributed by atoms with E-state index in [4.69, 9.17) is 0 Å². The third kappa shape index (κ3) is 3.09. The number of nitrogens with zero attached hydrogens (tertiary/aromatic N) is 1. The van der Waals surface area contributed by atoms with Gasteiger partial charge in [0.15, 0.2) is 5.78 Å². The van der Waals surface area contributed by atoms with E-state index in [2.05, 4.69) is 0 Å². The molecule has 0 radical (unpaired) electrons. The summed E-state index contributed by atoms with van der Waals surface area (Å²) in [6, 6.07) is 12.3. The van der Waals surface area contributed by atoms with Gasteiger partial charge < -0.3 is 0 Å². The minimum Gasteiger partial charge on any atom is -0.294 e.